The number of sulfone groups is 1. The van der Waals surface area contributed by atoms with Crippen LogP contribution in [0.3, 0.4) is 0 Å². The third-order valence-corrected chi connectivity index (χ3v) is 4.87. The maximum atomic E-state index is 11.9. The molecule has 0 spiro atoms. The molecule has 1 aromatic rings. The van der Waals surface area contributed by atoms with Crippen molar-refractivity contribution in [2.45, 2.75) is 5.25 Å². The van der Waals surface area contributed by atoms with Gasteiger partial charge in [0.25, 0.3) is 0 Å². The van der Waals surface area contributed by atoms with Crippen LogP contribution in [-0.4, -0.2) is 34.4 Å². The van der Waals surface area contributed by atoms with Gasteiger partial charge < -0.3 is 10.1 Å². The number of ether oxygens (including phenoxy) is 1. The van der Waals surface area contributed by atoms with Crippen LogP contribution in [0.5, 0.6) is 5.75 Å². The van der Waals surface area contributed by atoms with Crippen molar-refractivity contribution in [1.82, 2.24) is 5.32 Å². The maximum Gasteiger partial charge on any atom is 0.159 e. The second kappa shape index (κ2) is 4.43. The molecule has 2 rings (SSSR count). The topological polar surface area (TPSA) is 55.4 Å². The zero-order valence-corrected chi connectivity index (χ0v) is 9.96. The minimum absolute atomic E-state index is 0.203. The zero-order valence-electron chi connectivity index (χ0n) is 9.14. The van der Waals surface area contributed by atoms with E-state index >= 15 is 0 Å². The highest BCUT2D eigenvalue weighted by molar-refractivity contribution is 7.91. The molecule has 0 saturated carbocycles. The van der Waals surface area contributed by atoms with Crippen LogP contribution in [0.15, 0.2) is 24.3 Å². The third kappa shape index (κ3) is 2.20. The lowest BCUT2D eigenvalue weighted by Gasteiger charge is -2.23. The van der Waals surface area contributed by atoms with Crippen LogP contribution in [0.2, 0.25) is 0 Å². The van der Waals surface area contributed by atoms with Gasteiger partial charge in [0, 0.05) is 13.1 Å². The first-order valence-electron chi connectivity index (χ1n) is 5.20. The normalized spacial score (nSPS) is 23.9. The molecule has 16 heavy (non-hydrogen) atoms. The second-order valence-electron chi connectivity index (χ2n) is 3.84. The van der Waals surface area contributed by atoms with Crippen molar-refractivity contribution in [1.29, 1.82) is 0 Å². The fourth-order valence-corrected chi connectivity index (χ4v) is 3.53. The quantitative estimate of drug-likeness (QED) is 0.830. The predicted molar refractivity (Wildman–Crippen MR) is 62.4 cm³/mol. The van der Waals surface area contributed by atoms with E-state index in [4.69, 9.17) is 4.74 Å². The van der Waals surface area contributed by atoms with Gasteiger partial charge in [0.1, 0.15) is 5.75 Å². The highest BCUT2D eigenvalue weighted by atomic mass is 32.2. The summed E-state index contributed by atoms with van der Waals surface area (Å²) in [6.45, 7) is 1.03. The van der Waals surface area contributed by atoms with Gasteiger partial charge in [0.15, 0.2) is 9.84 Å². The van der Waals surface area contributed by atoms with E-state index in [2.05, 4.69) is 5.32 Å². The van der Waals surface area contributed by atoms with Crippen molar-refractivity contribution in [3.8, 4) is 5.75 Å². The van der Waals surface area contributed by atoms with Crippen molar-refractivity contribution in [2.24, 2.45) is 0 Å². The van der Waals surface area contributed by atoms with Crippen LogP contribution >= 0.6 is 0 Å². The van der Waals surface area contributed by atoms with Crippen molar-refractivity contribution in [2.75, 3.05) is 26.0 Å². The van der Waals surface area contributed by atoms with Gasteiger partial charge in [0.2, 0.25) is 0 Å². The number of rotatable bonds is 2. The molecule has 1 heterocycles. The average Bonchev–Trinajstić information content (AvgIpc) is 2.28. The Balaban J connectivity index is 2.35. The van der Waals surface area contributed by atoms with Crippen molar-refractivity contribution < 1.29 is 13.2 Å². The fourth-order valence-electron chi connectivity index (χ4n) is 1.88. The Morgan fingerprint density at radius 1 is 1.44 bits per heavy atom. The Labute approximate surface area is 95.5 Å². The van der Waals surface area contributed by atoms with Crippen molar-refractivity contribution in [3.63, 3.8) is 0 Å². The van der Waals surface area contributed by atoms with Gasteiger partial charge in [-0.2, -0.15) is 0 Å². The van der Waals surface area contributed by atoms with Gasteiger partial charge in [-0.05, 0) is 17.7 Å². The molecule has 4 nitrogen and oxygen atoms in total. The Morgan fingerprint density at radius 2 is 2.25 bits per heavy atom. The molecule has 0 aliphatic carbocycles. The fraction of sp³-hybridized carbons (Fsp3) is 0.455. The van der Waals surface area contributed by atoms with E-state index in [0.717, 1.165) is 5.56 Å². The van der Waals surface area contributed by atoms with Gasteiger partial charge in [-0.3, -0.25) is 0 Å². The average molecular weight is 241 g/mol. The maximum absolute atomic E-state index is 11.9. The van der Waals surface area contributed by atoms with Crippen LogP contribution in [0.1, 0.15) is 10.8 Å². The number of hydrogen-bond donors (Lipinski definition) is 1. The summed E-state index contributed by atoms with van der Waals surface area (Å²) >= 11 is 0. The van der Waals surface area contributed by atoms with E-state index in [1.54, 1.807) is 13.2 Å². The predicted octanol–water partition coefficient (Wildman–Crippen LogP) is 0.754. The number of methoxy groups -OCH3 is 1. The van der Waals surface area contributed by atoms with Gasteiger partial charge in [0.05, 0.1) is 18.1 Å². The first-order chi connectivity index (χ1) is 7.63. The van der Waals surface area contributed by atoms with Crippen LogP contribution in [0.4, 0.5) is 0 Å². The summed E-state index contributed by atoms with van der Waals surface area (Å²) in [6.07, 6.45) is 0. The Morgan fingerprint density at radius 3 is 2.94 bits per heavy atom. The molecular formula is C11H15NO3S. The zero-order chi connectivity index (χ0) is 11.6. The minimum atomic E-state index is -3.02. The summed E-state index contributed by atoms with van der Waals surface area (Å²) in [5.74, 6) is 0.896. The molecule has 1 aromatic carbocycles. The highest BCUT2D eigenvalue weighted by Crippen LogP contribution is 2.27. The van der Waals surface area contributed by atoms with Gasteiger partial charge in [-0.1, -0.05) is 12.1 Å². The largest absolute Gasteiger partial charge is 0.497 e. The first-order valence-corrected chi connectivity index (χ1v) is 6.91. The van der Waals surface area contributed by atoms with Crippen molar-refractivity contribution >= 4 is 9.84 Å². The van der Waals surface area contributed by atoms with Crippen LogP contribution < -0.4 is 10.1 Å². The molecule has 0 aromatic heterocycles. The SMILES string of the molecule is COc1cccc(C2CNCCS2(=O)=O)c1. The van der Waals surface area contributed by atoms with E-state index < -0.39 is 15.1 Å². The second-order valence-corrected chi connectivity index (χ2v) is 6.14. The van der Waals surface area contributed by atoms with E-state index in [-0.39, 0.29) is 5.75 Å². The molecule has 1 atom stereocenters. The smallest absolute Gasteiger partial charge is 0.159 e. The molecule has 1 aliphatic rings. The molecular weight excluding hydrogens is 226 g/mol. The summed E-state index contributed by atoms with van der Waals surface area (Å²) < 4.78 is 28.9. The Kier molecular flexibility index (Phi) is 3.16. The summed E-state index contributed by atoms with van der Waals surface area (Å²) in [5.41, 5.74) is 0.798. The standard InChI is InChI=1S/C11H15NO3S/c1-15-10-4-2-3-9(7-10)11-8-12-5-6-16(11,13)14/h2-4,7,11-12H,5-6,8H2,1H3. The van der Waals surface area contributed by atoms with E-state index in [1.165, 1.54) is 0 Å². The summed E-state index contributed by atoms with van der Waals surface area (Å²) in [6, 6.07) is 7.25. The third-order valence-electron chi connectivity index (χ3n) is 2.79. The molecule has 1 saturated heterocycles. The minimum Gasteiger partial charge on any atom is -0.497 e. The van der Waals surface area contributed by atoms with E-state index in [0.29, 0.717) is 18.8 Å². The summed E-state index contributed by atoms with van der Waals surface area (Å²) in [7, 11) is -1.44. The number of nitrogens with one attached hydrogen (secondary N) is 1. The van der Waals surface area contributed by atoms with E-state index in [1.807, 2.05) is 18.2 Å². The van der Waals surface area contributed by atoms with Crippen LogP contribution in [-0.2, 0) is 9.84 Å². The Hall–Kier alpha value is -1.07. The monoisotopic (exact) mass is 241 g/mol. The Bertz CT molecular complexity index is 470. The molecule has 5 heteroatoms. The molecule has 1 N–H and O–H groups in total. The van der Waals surface area contributed by atoms with Gasteiger partial charge in [-0.25, -0.2) is 8.42 Å². The molecule has 1 aliphatic heterocycles. The summed E-state index contributed by atoms with van der Waals surface area (Å²) in [5, 5.41) is 2.66. The molecule has 1 fully saturated rings. The van der Waals surface area contributed by atoms with Crippen LogP contribution in [0, 0.1) is 0 Å². The van der Waals surface area contributed by atoms with Gasteiger partial charge >= 0.3 is 0 Å². The first kappa shape index (κ1) is 11.4. The molecule has 0 radical (unpaired) electrons. The number of benzene rings is 1. The van der Waals surface area contributed by atoms with Gasteiger partial charge in [-0.15, -0.1) is 0 Å². The summed E-state index contributed by atoms with van der Waals surface area (Å²) in [4.78, 5) is 0. The molecule has 0 amide bonds. The van der Waals surface area contributed by atoms with Crippen molar-refractivity contribution in [3.05, 3.63) is 29.8 Å². The van der Waals surface area contributed by atoms with E-state index in [9.17, 15) is 8.42 Å². The molecule has 1 unspecified atom stereocenters. The molecule has 88 valence electrons. The number of hydrogen-bond acceptors (Lipinski definition) is 4. The lowest BCUT2D eigenvalue weighted by Crippen LogP contribution is -2.38. The highest BCUT2D eigenvalue weighted by Gasteiger charge is 2.30. The lowest BCUT2D eigenvalue weighted by atomic mass is 10.1. The molecule has 0 bridgehead atoms. The lowest BCUT2D eigenvalue weighted by molar-refractivity contribution is 0.414. The van der Waals surface area contributed by atoms with Crippen LogP contribution in [0.25, 0.3) is 0 Å².